The first kappa shape index (κ1) is 23.3. The molecule has 0 spiro atoms. The maximum atomic E-state index is 12.3. The molecule has 0 unspecified atom stereocenters. The van der Waals surface area contributed by atoms with Gasteiger partial charge in [-0.2, -0.15) is 11.8 Å². The maximum absolute atomic E-state index is 12.3. The highest BCUT2D eigenvalue weighted by atomic mass is 35.5. The lowest BCUT2D eigenvalue weighted by molar-refractivity contribution is -0.150. The van der Waals surface area contributed by atoms with Crippen molar-refractivity contribution in [2.24, 2.45) is 0 Å². The minimum Gasteiger partial charge on any atom is -0.454 e. The van der Waals surface area contributed by atoms with Crippen molar-refractivity contribution >= 4 is 41.1 Å². The Morgan fingerprint density at radius 3 is 2.41 bits per heavy atom. The Morgan fingerprint density at radius 1 is 1.15 bits per heavy atom. The van der Waals surface area contributed by atoms with Gasteiger partial charge in [0.05, 0.1) is 0 Å². The van der Waals surface area contributed by atoms with Gasteiger partial charge < -0.3 is 15.4 Å². The molecule has 0 fully saturated rings. The van der Waals surface area contributed by atoms with Gasteiger partial charge in [0.25, 0.3) is 11.8 Å². The molecule has 0 bridgehead atoms. The Hall–Kier alpha value is -1.73. The van der Waals surface area contributed by atoms with Crippen LogP contribution in [0.4, 0.5) is 0 Å². The molecule has 1 rings (SSSR count). The second kappa shape index (κ2) is 12.6. The summed E-state index contributed by atoms with van der Waals surface area (Å²) in [6, 6.07) is 5.58. The fourth-order valence-corrected chi connectivity index (χ4v) is 2.98. The third kappa shape index (κ3) is 9.15. The molecule has 2 N–H and O–H groups in total. The summed E-state index contributed by atoms with van der Waals surface area (Å²) >= 11 is 7.38. The Morgan fingerprint density at radius 2 is 1.81 bits per heavy atom. The minimum atomic E-state index is -0.818. The van der Waals surface area contributed by atoms with E-state index in [1.54, 1.807) is 36.0 Å². The summed E-state index contributed by atoms with van der Waals surface area (Å²) < 4.78 is 5.10. The van der Waals surface area contributed by atoms with Gasteiger partial charge >= 0.3 is 5.97 Å². The molecule has 1 aromatic rings. The Labute approximate surface area is 169 Å². The van der Waals surface area contributed by atoms with Crippen LogP contribution in [0.15, 0.2) is 24.3 Å². The lowest BCUT2D eigenvalue weighted by atomic mass is 10.1. The summed E-state index contributed by atoms with van der Waals surface area (Å²) in [5, 5.41) is 5.96. The number of nitrogens with one attached hydrogen (secondary N) is 2. The van der Waals surface area contributed by atoms with E-state index in [1.165, 1.54) is 0 Å². The van der Waals surface area contributed by atoms with Gasteiger partial charge in [-0.25, -0.2) is 4.79 Å². The summed E-state index contributed by atoms with van der Waals surface area (Å²) in [5.74, 6) is -0.697. The molecule has 1 aromatic carbocycles. The number of esters is 1. The second-order valence-corrected chi connectivity index (χ2v) is 7.60. The number of hydrogen-bond donors (Lipinski definition) is 2. The standard InChI is InChI=1S/C19H27ClN2O4S/c1-4-5-13(2)21-17(23)12-26-19(25)16(10-11-27-3)22-18(24)14-6-8-15(20)9-7-14/h6-9,13,16H,4-5,10-12H2,1-3H3,(H,21,23)(H,22,24)/t13-,16+/m0/s1. The number of amides is 2. The molecule has 0 saturated heterocycles. The maximum Gasteiger partial charge on any atom is 0.329 e. The number of thioether (sulfide) groups is 1. The molecule has 0 saturated carbocycles. The van der Waals surface area contributed by atoms with E-state index >= 15 is 0 Å². The molecule has 0 radical (unpaired) electrons. The molecule has 0 aliphatic rings. The van der Waals surface area contributed by atoms with E-state index in [2.05, 4.69) is 10.6 Å². The van der Waals surface area contributed by atoms with Gasteiger partial charge in [0.15, 0.2) is 6.61 Å². The van der Waals surface area contributed by atoms with Gasteiger partial charge in [0.1, 0.15) is 6.04 Å². The average molecular weight is 415 g/mol. The number of carbonyl (C=O) groups excluding carboxylic acids is 3. The second-order valence-electron chi connectivity index (χ2n) is 6.18. The van der Waals surface area contributed by atoms with Gasteiger partial charge in [-0.3, -0.25) is 9.59 Å². The monoisotopic (exact) mass is 414 g/mol. The summed E-state index contributed by atoms with van der Waals surface area (Å²) in [4.78, 5) is 36.5. The number of ether oxygens (including phenoxy) is 1. The van der Waals surface area contributed by atoms with Gasteiger partial charge in [-0.1, -0.05) is 24.9 Å². The van der Waals surface area contributed by atoms with Gasteiger partial charge in [-0.05, 0) is 56.0 Å². The van der Waals surface area contributed by atoms with Crippen LogP contribution >= 0.6 is 23.4 Å². The SMILES string of the molecule is CCC[C@H](C)NC(=O)COC(=O)[C@@H](CCSC)NC(=O)c1ccc(Cl)cc1. The van der Waals surface area contributed by atoms with E-state index in [0.29, 0.717) is 22.8 Å². The van der Waals surface area contributed by atoms with Gasteiger partial charge in [-0.15, -0.1) is 0 Å². The number of carbonyl (C=O) groups is 3. The van der Waals surface area contributed by atoms with Crippen LogP contribution in [0.5, 0.6) is 0 Å². The number of benzene rings is 1. The molecule has 6 nitrogen and oxygen atoms in total. The molecule has 150 valence electrons. The number of hydrogen-bond acceptors (Lipinski definition) is 5. The van der Waals surface area contributed by atoms with E-state index in [4.69, 9.17) is 16.3 Å². The van der Waals surface area contributed by atoms with E-state index < -0.39 is 17.9 Å². The van der Waals surface area contributed by atoms with Crippen LogP contribution in [0.1, 0.15) is 43.5 Å². The van der Waals surface area contributed by atoms with Crippen molar-refractivity contribution in [2.45, 2.75) is 45.2 Å². The van der Waals surface area contributed by atoms with Crippen LogP contribution in [-0.2, 0) is 14.3 Å². The normalized spacial score (nSPS) is 12.7. The quantitative estimate of drug-likeness (QED) is 0.543. The number of halogens is 1. The van der Waals surface area contributed by atoms with Gasteiger partial charge in [0, 0.05) is 16.6 Å². The average Bonchev–Trinajstić information content (AvgIpc) is 2.63. The molecule has 0 aromatic heterocycles. The topological polar surface area (TPSA) is 84.5 Å². The van der Waals surface area contributed by atoms with Crippen molar-refractivity contribution in [3.63, 3.8) is 0 Å². The van der Waals surface area contributed by atoms with Crippen LogP contribution in [0.25, 0.3) is 0 Å². The Bertz CT molecular complexity index is 625. The van der Waals surface area contributed by atoms with Crippen LogP contribution < -0.4 is 10.6 Å². The van der Waals surface area contributed by atoms with E-state index in [1.807, 2.05) is 20.1 Å². The lowest BCUT2D eigenvalue weighted by Crippen LogP contribution is -2.44. The van der Waals surface area contributed by atoms with Crippen LogP contribution in [0.3, 0.4) is 0 Å². The first-order chi connectivity index (χ1) is 12.9. The fraction of sp³-hybridized carbons (Fsp3) is 0.526. The van der Waals surface area contributed by atoms with Crippen molar-refractivity contribution in [3.8, 4) is 0 Å². The van der Waals surface area contributed by atoms with Crippen LogP contribution in [0, 0.1) is 0 Å². The lowest BCUT2D eigenvalue weighted by Gasteiger charge is -2.18. The fourth-order valence-electron chi connectivity index (χ4n) is 2.39. The van der Waals surface area contributed by atoms with E-state index in [-0.39, 0.29) is 18.6 Å². The predicted octanol–water partition coefficient (Wildman–Crippen LogP) is 3.04. The highest BCUT2D eigenvalue weighted by Crippen LogP contribution is 2.10. The molecule has 8 heteroatoms. The zero-order chi connectivity index (χ0) is 20.2. The third-order valence-corrected chi connectivity index (χ3v) is 4.68. The predicted molar refractivity (Wildman–Crippen MR) is 109 cm³/mol. The molecular weight excluding hydrogens is 388 g/mol. The van der Waals surface area contributed by atoms with Crippen molar-refractivity contribution in [1.29, 1.82) is 0 Å². The molecule has 0 heterocycles. The summed E-state index contributed by atoms with van der Waals surface area (Å²) in [6.07, 6.45) is 4.13. The number of rotatable bonds is 11. The van der Waals surface area contributed by atoms with Crippen molar-refractivity contribution in [3.05, 3.63) is 34.9 Å². The van der Waals surface area contributed by atoms with E-state index in [0.717, 1.165) is 12.8 Å². The molecule has 0 aliphatic heterocycles. The van der Waals surface area contributed by atoms with Crippen molar-refractivity contribution < 1.29 is 19.1 Å². The zero-order valence-electron chi connectivity index (χ0n) is 15.9. The zero-order valence-corrected chi connectivity index (χ0v) is 17.5. The van der Waals surface area contributed by atoms with Gasteiger partial charge in [0.2, 0.25) is 0 Å². The largest absolute Gasteiger partial charge is 0.454 e. The summed E-state index contributed by atoms with van der Waals surface area (Å²) in [6.45, 7) is 3.57. The molecule has 0 aliphatic carbocycles. The molecule has 2 amide bonds. The smallest absolute Gasteiger partial charge is 0.329 e. The third-order valence-electron chi connectivity index (χ3n) is 3.78. The van der Waals surface area contributed by atoms with Crippen molar-refractivity contribution in [2.75, 3.05) is 18.6 Å². The summed E-state index contributed by atoms with van der Waals surface area (Å²) in [7, 11) is 0. The minimum absolute atomic E-state index is 0.0260. The molecule has 27 heavy (non-hydrogen) atoms. The first-order valence-corrected chi connectivity index (χ1v) is 10.7. The van der Waals surface area contributed by atoms with Crippen LogP contribution in [0.2, 0.25) is 5.02 Å². The van der Waals surface area contributed by atoms with Crippen LogP contribution in [-0.4, -0.2) is 48.5 Å². The molecular formula is C19H27ClN2O4S. The summed E-state index contributed by atoms with van der Waals surface area (Å²) in [5.41, 5.74) is 0.396. The highest BCUT2D eigenvalue weighted by molar-refractivity contribution is 7.98. The van der Waals surface area contributed by atoms with Crippen molar-refractivity contribution in [1.82, 2.24) is 10.6 Å². The van der Waals surface area contributed by atoms with E-state index in [9.17, 15) is 14.4 Å². The molecule has 2 atom stereocenters. The Kier molecular flexibility index (Phi) is 10.9. The highest BCUT2D eigenvalue weighted by Gasteiger charge is 2.23. The Balaban J connectivity index is 2.61. The first-order valence-electron chi connectivity index (χ1n) is 8.88.